The molecule has 1 saturated carbocycles. The van der Waals surface area contributed by atoms with E-state index in [9.17, 15) is 14.0 Å². The van der Waals surface area contributed by atoms with Crippen LogP contribution >= 0.6 is 0 Å². The lowest BCUT2D eigenvalue weighted by molar-refractivity contribution is -0.123. The predicted molar refractivity (Wildman–Crippen MR) is 126 cm³/mol. The summed E-state index contributed by atoms with van der Waals surface area (Å²) in [5, 5.41) is 3.16. The second-order valence-corrected chi connectivity index (χ2v) is 8.53. The zero-order valence-corrected chi connectivity index (χ0v) is 18.7. The quantitative estimate of drug-likeness (QED) is 0.555. The summed E-state index contributed by atoms with van der Waals surface area (Å²) in [5.41, 5.74) is 2.18. The number of hydrogen-bond donors (Lipinski definition) is 1. The molecule has 2 amide bonds. The minimum atomic E-state index is -0.969. The van der Waals surface area contributed by atoms with Crippen molar-refractivity contribution in [2.24, 2.45) is 0 Å². The summed E-state index contributed by atoms with van der Waals surface area (Å²) in [6, 6.07) is 17.4. The minimum absolute atomic E-state index is 0.0681. The SMILES string of the molecule is Cc1ccc([C@@H](C(=O)NC2CCCCC2)N(C(=O)c2ccccn2)c2cccc(F)c2)cc1. The van der Waals surface area contributed by atoms with Gasteiger partial charge in [-0.15, -0.1) is 0 Å². The van der Waals surface area contributed by atoms with E-state index in [0.29, 0.717) is 11.3 Å². The molecule has 4 rings (SSSR count). The van der Waals surface area contributed by atoms with E-state index in [2.05, 4.69) is 10.3 Å². The van der Waals surface area contributed by atoms with E-state index in [-0.39, 0.29) is 17.6 Å². The van der Waals surface area contributed by atoms with Gasteiger partial charge in [0, 0.05) is 17.9 Å². The monoisotopic (exact) mass is 445 g/mol. The fourth-order valence-corrected chi connectivity index (χ4v) is 4.32. The van der Waals surface area contributed by atoms with Gasteiger partial charge in [-0.1, -0.05) is 61.2 Å². The second kappa shape index (κ2) is 10.4. The van der Waals surface area contributed by atoms with Crippen molar-refractivity contribution in [2.75, 3.05) is 4.90 Å². The summed E-state index contributed by atoms with van der Waals surface area (Å²) < 4.78 is 14.2. The van der Waals surface area contributed by atoms with Crippen molar-refractivity contribution in [3.63, 3.8) is 0 Å². The van der Waals surface area contributed by atoms with Gasteiger partial charge in [0.05, 0.1) is 0 Å². The molecule has 0 bridgehead atoms. The van der Waals surface area contributed by atoms with E-state index in [1.807, 2.05) is 31.2 Å². The number of anilines is 1. The van der Waals surface area contributed by atoms with Gasteiger partial charge in [-0.25, -0.2) is 4.39 Å². The van der Waals surface area contributed by atoms with Crippen LogP contribution in [0.3, 0.4) is 0 Å². The molecule has 3 aromatic rings. The van der Waals surface area contributed by atoms with Gasteiger partial charge < -0.3 is 5.32 Å². The average molecular weight is 446 g/mol. The van der Waals surface area contributed by atoms with Gasteiger partial charge in [-0.2, -0.15) is 0 Å². The Bertz CT molecular complexity index is 1100. The lowest BCUT2D eigenvalue weighted by Crippen LogP contribution is -2.47. The molecular formula is C27H28FN3O2. The van der Waals surface area contributed by atoms with Crippen molar-refractivity contribution >= 4 is 17.5 Å². The first-order chi connectivity index (χ1) is 16.0. The van der Waals surface area contributed by atoms with E-state index < -0.39 is 17.8 Å². The van der Waals surface area contributed by atoms with Crippen molar-refractivity contribution in [1.82, 2.24) is 10.3 Å². The van der Waals surface area contributed by atoms with Crippen LogP contribution in [0.25, 0.3) is 0 Å². The number of rotatable bonds is 6. The molecular weight excluding hydrogens is 417 g/mol. The van der Waals surface area contributed by atoms with E-state index in [1.165, 1.54) is 35.7 Å². The molecule has 6 heteroatoms. The number of halogens is 1. The number of hydrogen-bond acceptors (Lipinski definition) is 3. The summed E-state index contributed by atoms with van der Waals surface area (Å²) in [6.07, 6.45) is 6.67. The van der Waals surface area contributed by atoms with E-state index in [4.69, 9.17) is 0 Å². The molecule has 1 aliphatic carbocycles. The summed E-state index contributed by atoms with van der Waals surface area (Å²) in [5.74, 6) is -1.23. The van der Waals surface area contributed by atoms with Gasteiger partial charge in [0.25, 0.3) is 5.91 Å². The maximum absolute atomic E-state index is 14.2. The third-order valence-electron chi connectivity index (χ3n) is 6.04. The van der Waals surface area contributed by atoms with Gasteiger partial charge in [0.2, 0.25) is 5.91 Å². The lowest BCUT2D eigenvalue weighted by Gasteiger charge is -2.33. The highest BCUT2D eigenvalue weighted by Crippen LogP contribution is 2.31. The fraction of sp³-hybridized carbons (Fsp3) is 0.296. The third-order valence-corrected chi connectivity index (χ3v) is 6.04. The number of carbonyl (C=O) groups excluding carboxylic acids is 2. The van der Waals surface area contributed by atoms with Crippen molar-refractivity contribution in [3.8, 4) is 0 Å². The van der Waals surface area contributed by atoms with Gasteiger partial charge in [0.1, 0.15) is 17.6 Å². The summed E-state index contributed by atoms with van der Waals surface area (Å²) in [6.45, 7) is 1.96. The van der Waals surface area contributed by atoms with Crippen LogP contribution in [0.5, 0.6) is 0 Å². The molecule has 1 fully saturated rings. The molecule has 5 nitrogen and oxygen atoms in total. The summed E-state index contributed by atoms with van der Waals surface area (Å²) in [4.78, 5) is 33.0. The Morgan fingerprint density at radius 2 is 1.76 bits per heavy atom. The normalized spacial score (nSPS) is 15.0. The Kier molecular flexibility index (Phi) is 7.13. The molecule has 2 aromatic carbocycles. The maximum Gasteiger partial charge on any atom is 0.277 e. The van der Waals surface area contributed by atoms with Crippen LogP contribution in [0.2, 0.25) is 0 Å². The number of nitrogens with zero attached hydrogens (tertiary/aromatic N) is 2. The molecule has 1 atom stereocenters. The molecule has 1 heterocycles. The highest BCUT2D eigenvalue weighted by Gasteiger charge is 2.35. The molecule has 170 valence electrons. The topological polar surface area (TPSA) is 62.3 Å². The molecule has 0 aliphatic heterocycles. The first-order valence-electron chi connectivity index (χ1n) is 11.4. The standard InChI is InChI=1S/C27H28FN3O2/c1-19-13-15-20(16-14-19)25(26(32)30-22-9-3-2-4-10-22)31(23-11-7-8-21(28)18-23)27(33)24-12-5-6-17-29-24/h5-8,11-18,22,25H,2-4,9-10H2,1H3,(H,30,32)/t25-/m0/s1. The zero-order valence-electron chi connectivity index (χ0n) is 18.7. The van der Waals surface area contributed by atoms with Gasteiger partial charge in [-0.3, -0.25) is 19.5 Å². The molecule has 0 spiro atoms. The predicted octanol–water partition coefficient (Wildman–Crippen LogP) is 5.37. The summed E-state index contributed by atoms with van der Waals surface area (Å²) >= 11 is 0. The van der Waals surface area contributed by atoms with E-state index in [0.717, 1.165) is 31.2 Å². The zero-order chi connectivity index (χ0) is 23.2. The Hall–Kier alpha value is -3.54. The van der Waals surface area contributed by atoms with Gasteiger partial charge >= 0.3 is 0 Å². The van der Waals surface area contributed by atoms with Crippen molar-refractivity contribution in [1.29, 1.82) is 0 Å². The smallest absolute Gasteiger partial charge is 0.277 e. The number of benzene rings is 2. The number of amides is 2. The number of carbonyl (C=O) groups is 2. The van der Waals surface area contributed by atoms with Gasteiger partial charge in [0.15, 0.2) is 0 Å². The van der Waals surface area contributed by atoms with Crippen LogP contribution in [0.1, 0.15) is 59.8 Å². The van der Waals surface area contributed by atoms with Crippen LogP contribution < -0.4 is 10.2 Å². The van der Waals surface area contributed by atoms with Crippen molar-refractivity contribution in [3.05, 3.63) is 95.6 Å². The highest BCUT2D eigenvalue weighted by atomic mass is 19.1. The van der Waals surface area contributed by atoms with Crippen molar-refractivity contribution in [2.45, 2.75) is 51.1 Å². The van der Waals surface area contributed by atoms with Crippen LogP contribution in [-0.2, 0) is 4.79 Å². The Morgan fingerprint density at radius 3 is 2.42 bits per heavy atom. The highest BCUT2D eigenvalue weighted by molar-refractivity contribution is 6.09. The average Bonchev–Trinajstić information content (AvgIpc) is 2.84. The molecule has 33 heavy (non-hydrogen) atoms. The van der Waals surface area contributed by atoms with Crippen LogP contribution in [0, 0.1) is 12.7 Å². The molecule has 0 radical (unpaired) electrons. The maximum atomic E-state index is 14.2. The first kappa shape index (κ1) is 22.6. The van der Waals surface area contributed by atoms with Gasteiger partial charge in [-0.05, 0) is 55.7 Å². The second-order valence-electron chi connectivity index (χ2n) is 8.53. The Labute approximate surface area is 193 Å². The molecule has 1 aromatic heterocycles. The third kappa shape index (κ3) is 5.45. The molecule has 0 unspecified atom stereocenters. The Morgan fingerprint density at radius 1 is 1.00 bits per heavy atom. The molecule has 1 aliphatic rings. The molecule has 0 saturated heterocycles. The van der Waals surface area contributed by atoms with Crippen LogP contribution in [0.4, 0.5) is 10.1 Å². The van der Waals surface area contributed by atoms with E-state index >= 15 is 0 Å². The largest absolute Gasteiger partial charge is 0.351 e. The minimum Gasteiger partial charge on any atom is -0.351 e. The number of nitrogens with one attached hydrogen (secondary N) is 1. The van der Waals surface area contributed by atoms with Crippen LogP contribution in [0.15, 0.2) is 72.9 Å². The number of aryl methyl sites for hydroxylation is 1. The lowest BCUT2D eigenvalue weighted by atomic mass is 9.94. The van der Waals surface area contributed by atoms with Crippen LogP contribution in [-0.4, -0.2) is 22.8 Å². The number of aromatic nitrogens is 1. The first-order valence-corrected chi connectivity index (χ1v) is 11.4. The van der Waals surface area contributed by atoms with E-state index in [1.54, 1.807) is 24.3 Å². The molecule has 1 N–H and O–H groups in total. The summed E-state index contributed by atoms with van der Waals surface area (Å²) in [7, 11) is 0. The van der Waals surface area contributed by atoms with Crippen molar-refractivity contribution < 1.29 is 14.0 Å². The fourth-order valence-electron chi connectivity index (χ4n) is 4.32. The number of pyridine rings is 1. The Balaban J connectivity index is 1.80.